The van der Waals surface area contributed by atoms with Crippen molar-refractivity contribution in [3.63, 3.8) is 0 Å². The van der Waals surface area contributed by atoms with E-state index in [0.29, 0.717) is 0 Å². The molecular formula is C6H15Cl3N4. The summed E-state index contributed by atoms with van der Waals surface area (Å²) in [5.41, 5.74) is 3.50. The first kappa shape index (κ1) is 18.6. The van der Waals surface area contributed by atoms with Gasteiger partial charge < -0.3 is 4.57 Å². The number of nitrogens with zero attached hydrogens (tertiary/aromatic N) is 2. The molecule has 7 heteroatoms. The monoisotopic (exact) mass is 248 g/mol. The van der Waals surface area contributed by atoms with Gasteiger partial charge in [0.1, 0.15) is 0 Å². The van der Waals surface area contributed by atoms with Crippen LogP contribution in [-0.2, 0) is 6.54 Å². The molecule has 0 bridgehead atoms. The van der Waals surface area contributed by atoms with E-state index in [2.05, 4.69) is 10.4 Å². The van der Waals surface area contributed by atoms with Gasteiger partial charge in [0.2, 0.25) is 5.95 Å². The van der Waals surface area contributed by atoms with Crippen LogP contribution in [0, 0.1) is 6.92 Å². The first-order chi connectivity index (χ1) is 4.77. The summed E-state index contributed by atoms with van der Waals surface area (Å²) in [5, 5.41) is 0. The maximum absolute atomic E-state index is 5.21. The highest BCUT2D eigenvalue weighted by molar-refractivity contribution is 5.86. The summed E-state index contributed by atoms with van der Waals surface area (Å²) in [5.74, 6) is 5.93. The van der Waals surface area contributed by atoms with Crippen molar-refractivity contribution in [3.05, 3.63) is 11.9 Å². The molecule has 0 saturated carbocycles. The molecule has 4 nitrogen and oxygen atoms in total. The van der Waals surface area contributed by atoms with Gasteiger partial charge in [-0.25, -0.2) is 10.8 Å². The van der Waals surface area contributed by atoms with E-state index in [9.17, 15) is 0 Å². The summed E-state index contributed by atoms with van der Waals surface area (Å²) in [6, 6.07) is 0. The van der Waals surface area contributed by atoms with Crippen molar-refractivity contribution in [2.75, 3.05) is 5.43 Å². The van der Waals surface area contributed by atoms with E-state index in [4.69, 9.17) is 5.84 Å². The fraction of sp³-hybridized carbons (Fsp3) is 0.500. The molecule has 0 atom stereocenters. The first-order valence-electron chi connectivity index (χ1n) is 3.28. The quantitative estimate of drug-likeness (QED) is 0.620. The zero-order valence-electron chi connectivity index (χ0n) is 7.48. The molecule has 3 N–H and O–H groups in total. The highest BCUT2D eigenvalue weighted by atomic mass is 35.5. The lowest BCUT2D eigenvalue weighted by Crippen LogP contribution is -2.12. The molecule has 80 valence electrons. The summed E-state index contributed by atoms with van der Waals surface area (Å²) in [6.07, 6.45) is 1.95. The van der Waals surface area contributed by atoms with Crippen LogP contribution in [0.25, 0.3) is 0 Å². The second-order valence-corrected chi connectivity index (χ2v) is 2.14. The number of aromatic nitrogens is 2. The van der Waals surface area contributed by atoms with Gasteiger partial charge in [-0.05, 0) is 13.8 Å². The minimum absolute atomic E-state index is 0. The summed E-state index contributed by atoms with van der Waals surface area (Å²) in [6.45, 7) is 4.87. The van der Waals surface area contributed by atoms with Crippen LogP contribution in [0.1, 0.15) is 12.6 Å². The van der Waals surface area contributed by atoms with Crippen LogP contribution >= 0.6 is 37.2 Å². The molecule has 1 rings (SSSR count). The predicted octanol–water partition coefficient (Wildman–Crippen LogP) is 1.76. The van der Waals surface area contributed by atoms with Crippen molar-refractivity contribution >= 4 is 43.2 Å². The zero-order chi connectivity index (χ0) is 7.56. The largest absolute Gasteiger partial charge is 0.316 e. The second kappa shape index (κ2) is 8.44. The van der Waals surface area contributed by atoms with Gasteiger partial charge in [0.15, 0.2) is 0 Å². The number of hydrogen-bond acceptors (Lipinski definition) is 3. The van der Waals surface area contributed by atoms with Crippen molar-refractivity contribution in [2.24, 2.45) is 5.84 Å². The molecule has 1 heterocycles. The standard InChI is InChI=1S/C6H12N4.3ClH/c1-3-10-4-5(2)8-6(10)9-7;;;/h4H,3,7H2,1-2H3,(H,8,9);3*1H. The van der Waals surface area contributed by atoms with Gasteiger partial charge in [-0.1, -0.05) is 0 Å². The molecule has 0 saturated heterocycles. The van der Waals surface area contributed by atoms with Gasteiger partial charge in [0.25, 0.3) is 0 Å². The summed E-state index contributed by atoms with van der Waals surface area (Å²) < 4.78 is 1.95. The molecule has 1 aromatic heterocycles. The van der Waals surface area contributed by atoms with Gasteiger partial charge in [-0.15, -0.1) is 37.2 Å². The number of imidazole rings is 1. The molecule has 0 aliphatic rings. The third-order valence-corrected chi connectivity index (χ3v) is 1.37. The van der Waals surface area contributed by atoms with Gasteiger partial charge in [0, 0.05) is 12.7 Å². The van der Waals surface area contributed by atoms with Crippen molar-refractivity contribution in [1.82, 2.24) is 9.55 Å². The lowest BCUT2D eigenvalue weighted by molar-refractivity contribution is 0.766. The van der Waals surface area contributed by atoms with E-state index in [1.807, 2.05) is 24.6 Å². The maximum atomic E-state index is 5.21. The van der Waals surface area contributed by atoms with Crippen LogP contribution in [0.15, 0.2) is 6.20 Å². The average Bonchev–Trinajstić information content (AvgIpc) is 2.30. The lowest BCUT2D eigenvalue weighted by Gasteiger charge is -2.00. The smallest absolute Gasteiger partial charge is 0.217 e. The Hall–Kier alpha value is -0.160. The number of rotatable bonds is 2. The van der Waals surface area contributed by atoms with Gasteiger partial charge in [0.05, 0.1) is 5.69 Å². The van der Waals surface area contributed by atoms with E-state index in [-0.39, 0.29) is 37.2 Å². The van der Waals surface area contributed by atoms with Crippen LogP contribution in [0.3, 0.4) is 0 Å². The molecule has 0 spiro atoms. The Balaban J connectivity index is -0.000000333. The highest BCUT2D eigenvalue weighted by Crippen LogP contribution is 2.05. The molecule has 0 unspecified atom stereocenters. The predicted molar refractivity (Wildman–Crippen MR) is 62.2 cm³/mol. The molecule has 0 aromatic carbocycles. The lowest BCUT2D eigenvalue weighted by atomic mass is 10.6. The van der Waals surface area contributed by atoms with Crippen LogP contribution in [0.5, 0.6) is 0 Å². The number of halogens is 3. The van der Waals surface area contributed by atoms with Gasteiger partial charge in [-0.3, -0.25) is 5.43 Å². The number of aryl methyl sites for hydroxylation is 2. The Kier molecular flexibility index (Phi) is 12.1. The summed E-state index contributed by atoms with van der Waals surface area (Å²) in [7, 11) is 0. The second-order valence-electron chi connectivity index (χ2n) is 2.14. The number of nitrogens with two attached hydrogens (primary N) is 1. The van der Waals surface area contributed by atoms with Crippen LogP contribution < -0.4 is 11.3 Å². The van der Waals surface area contributed by atoms with Crippen molar-refractivity contribution < 1.29 is 0 Å². The van der Waals surface area contributed by atoms with E-state index in [1.54, 1.807) is 0 Å². The SMILES string of the molecule is CCn1cc(C)nc1NN.Cl.Cl.Cl. The Morgan fingerprint density at radius 1 is 1.46 bits per heavy atom. The third-order valence-electron chi connectivity index (χ3n) is 1.37. The van der Waals surface area contributed by atoms with E-state index >= 15 is 0 Å². The Morgan fingerprint density at radius 3 is 2.31 bits per heavy atom. The Morgan fingerprint density at radius 2 is 2.00 bits per heavy atom. The molecule has 1 aromatic rings. The molecule has 0 radical (unpaired) electrons. The van der Waals surface area contributed by atoms with Crippen LogP contribution in [-0.4, -0.2) is 9.55 Å². The number of hydrazine groups is 1. The molecular weight excluding hydrogens is 234 g/mol. The minimum Gasteiger partial charge on any atom is -0.316 e. The molecule has 0 amide bonds. The highest BCUT2D eigenvalue weighted by Gasteiger charge is 1.99. The number of nitrogen functional groups attached to an aromatic ring is 1. The summed E-state index contributed by atoms with van der Waals surface area (Å²) in [4.78, 5) is 4.13. The number of hydrogen-bond donors (Lipinski definition) is 2. The maximum Gasteiger partial charge on any atom is 0.217 e. The van der Waals surface area contributed by atoms with E-state index < -0.39 is 0 Å². The van der Waals surface area contributed by atoms with E-state index in [1.165, 1.54) is 0 Å². The molecule has 0 aliphatic carbocycles. The first-order valence-corrected chi connectivity index (χ1v) is 3.28. The van der Waals surface area contributed by atoms with Gasteiger partial charge >= 0.3 is 0 Å². The number of nitrogens with one attached hydrogen (secondary N) is 1. The fourth-order valence-electron chi connectivity index (χ4n) is 0.903. The Labute approximate surface area is 96.5 Å². The molecule has 0 fully saturated rings. The summed E-state index contributed by atoms with van der Waals surface area (Å²) >= 11 is 0. The van der Waals surface area contributed by atoms with E-state index in [0.717, 1.165) is 18.2 Å². The minimum atomic E-state index is 0. The topological polar surface area (TPSA) is 55.9 Å². The van der Waals surface area contributed by atoms with Crippen molar-refractivity contribution in [1.29, 1.82) is 0 Å². The number of anilines is 1. The molecule has 13 heavy (non-hydrogen) atoms. The molecule has 0 aliphatic heterocycles. The van der Waals surface area contributed by atoms with Gasteiger partial charge in [-0.2, -0.15) is 0 Å². The van der Waals surface area contributed by atoms with Crippen LogP contribution in [0.2, 0.25) is 0 Å². The Bertz CT molecular complexity index is 204. The van der Waals surface area contributed by atoms with Crippen LogP contribution in [0.4, 0.5) is 5.95 Å². The van der Waals surface area contributed by atoms with Crippen molar-refractivity contribution in [3.8, 4) is 0 Å². The fourth-order valence-corrected chi connectivity index (χ4v) is 0.903. The van der Waals surface area contributed by atoms with Crippen molar-refractivity contribution in [2.45, 2.75) is 20.4 Å². The normalized spacial score (nSPS) is 7.62. The third kappa shape index (κ3) is 4.57. The zero-order valence-corrected chi connectivity index (χ0v) is 9.93. The average molecular weight is 250 g/mol.